The number of rotatable bonds is 4. The lowest BCUT2D eigenvalue weighted by Crippen LogP contribution is -2.05. The van der Waals surface area contributed by atoms with Gasteiger partial charge >= 0.3 is 5.97 Å². The molecule has 0 aliphatic rings. The topological polar surface area (TPSA) is 88.5 Å². The Kier molecular flexibility index (Phi) is 3.23. The standard InChI is InChI=1S/C13H14N2O3/c1-8-2-4-10(18-8)7-15-9-3-5-12(14)11(6-9)13(16)17/h2-6,15H,7,14H2,1H3,(H,16,17). The SMILES string of the molecule is Cc1ccc(CNc2ccc(N)c(C(=O)O)c2)o1. The van der Waals surface area contributed by atoms with E-state index in [-0.39, 0.29) is 11.3 Å². The molecule has 0 spiro atoms. The first kappa shape index (κ1) is 12.0. The van der Waals surface area contributed by atoms with Crippen LogP contribution in [0.4, 0.5) is 11.4 Å². The first-order chi connectivity index (χ1) is 8.56. The molecule has 0 aliphatic carbocycles. The third-order valence-corrected chi connectivity index (χ3v) is 2.55. The molecule has 5 nitrogen and oxygen atoms in total. The Morgan fingerprint density at radius 1 is 1.39 bits per heavy atom. The molecular formula is C13H14N2O3. The Labute approximate surface area is 104 Å². The zero-order valence-electron chi connectivity index (χ0n) is 9.93. The quantitative estimate of drug-likeness (QED) is 0.721. The van der Waals surface area contributed by atoms with Gasteiger partial charge in [0.25, 0.3) is 0 Å². The van der Waals surface area contributed by atoms with Crippen LogP contribution in [0.25, 0.3) is 0 Å². The van der Waals surface area contributed by atoms with Gasteiger partial charge in [-0.2, -0.15) is 0 Å². The van der Waals surface area contributed by atoms with Crippen LogP contribution in [0.5, 0.6) is 0 Å². The van der Waals surface area contributed by atoms with Crippen molar-refractivity contribution in [3.05, 3.63) is 47.4 Å². The Morgan fingerprint density at radius 2 is 2.17 bits per heavy atom. The van der Waals surface area contributed by atoms with Gasteiger partial charge in [-0.3, -0.25) is 0 Å². The molecule has 0 unspecified atom stereocenters. The summed E-state index contributed by atoms with van der Waals surface area (Å²) in [5.74, 6) is 0.599. The van der Waals surface area contributed by atoms with E-state index in [0.29, 0.717) is 12.2 Å². The molecule has 0 bridgehead atoms. The van der Waals surface area contributed by atoms with Crippen LogP contribution in [0.1, 0.15) is 21.9 Å². The minimum absolute atomic E-state index is 0.0932. The average Bonchev–Trinajstić information content (AvgIpc) is 2.74. The summed E-state index contributed by atoms with van der Waals surface area (Å²) < 4.78 is 5.40. The molecular weight excluding hydrogens is 232 g/mol. The molecule has 18 heavy (non-hydrogen) atoms. The van der Waals surface area contributed by atoms with E-state index >= 15 is 0 Å². The zero-order valence-corrected chi connectivity index (χ0v) is 9.93. The van der Waals surface area contributed by atoms with Crippen LogP contribution in [-0.4, -0.2) is 11.1 Å². The molecule has 0 aliphatic heterocycles. The van der Waals surface area contributed by atoms with Crippen molar-refractivity contribution in [3.8, 4) is 0 Å². The van der Waals surface area contributed by atoms with Crippen LogP contribution in [-0.2, 0) is 6.54 Å². The van der Waals surface area contributed by atoms with E-state index in [1.807, 2.05) is 19.1 Å². The van der Waals surface area contributed by atoms with Gasteiger partial charge in [-0.15, -0.1) is 0 Å². The van der Waals surface area contributed by atoms with Crippen LogP contribution >= 0.6 is 0 Å². The Bertz CT molecular complexity index is 575. The Morgan fingerprint density at radius 3 is 2.78 bits per heavy atom. The van der Waals surface area contributed by atoms with Gasteiger partial charge in [-0.25, -0.2) is 4.79 Å². The van der Waals surface area contributed by atoms with Crippen molar-refractivity contribution in [2.24, 2.45) is 0 Å². The number of furan rings is 1. The lowest BCUT2D eigenvalue weighted by molar-refractivity contribution is 0.0698. The molecule has 2 aromatic rings. The summed E-state index contributed by atoms with van der Waals surface area (Å²) in [5, 5.41) is 12.0. The fraction of sp³-hybridized carbons (Fsp3) is 0.154. The van der Waals surface area contributed by atoms with Gasteiger partial charge in [-0.05, 0) is 37.3 Å². The lowest BCUT2D eigenvalue weighted by Gasteiger charge is -2.07. The van der Waals surface area contributed by atoms with Gasteiger partial charge in [0, 0.05) is 11.4 Å². The second kappa shape index (κ2) is 4.83. The molecule has 1 heterocycles. The first-order valence-corrected chi connectivity index (χ1v) is 5.48. The molecule has 0 fully saturated rings. The van der Waals surface area contributed by atoms with Crippen LogP contribution in [0.2, 0.25) is 0 Å². The number of carboxylic acids is 1. The second-order valence-corrected chi connectivity index (χ2v) is 3.97. The molecule has 2 rings (SSSR count). The number of carboxylic acid groups (broad SMARTS) is 1. The molecule has 5 heteroatoms. The van der Waals surface area contributed by atoms with Crippen molar-refractivity contribution in [3.63, 3.8) is 0 Å². The summed E-state index contributed by atoms with van der Waals surface area (Å²) in [5.41, 5.74) is 6.61. The fourth-order valence-corrected chi connectivity index (χ4v) is 1.62. The fourth-order valence-electron chi connectivity index (χ4n) is 1.62. The maximum Gasteiger partial charge on any atom is 0.337 e. The lowest BCUT2D eigenvalue weighted by atomic mass is 10.1. The molecule has 1 aromatic carbocycles. The molecule has 0 radical (unpaired) electrons. The van der Waals surface area contributed by atoms with Crippen molar-refractivity contribution in [2.45, 2.75) is 13.5 Å². The number of carbonyl (C=O) groups is 1. The van der Waals surface area contributed by atoms with Crippen molar-refractivity contribution in [1.82, 2.24) is 0 Å². The van der Waals surface area contributed by atoms with E-state index in [4.69, 9.17) is 15.3 Å². The predicted molar refractivity (Wildman–Crippen MR) is 68.6 cm³/mol. The van der Waals surface area contributed by atoms with E-state index in [1.165, 1.54) is 6.07 Å². The average molecular weight is 246 g/mol. The van der Waals surface area contributed by atoms with Crippen molar-refractivity contribution < 1.29 is 14.3 Å². The highest BCUT2D eigenvalue weighted by Gasteiger charge is 2.08. The summed E-state index contributed by atoms with van der Waals surface area (Å²) in [6.07, 6.45) is 0. The molecule has 0 amide bonds. The largest absolute Gasteiger partial charge is 0.478 e. The van der Waals surface area contributed by atoms with Crippen LogP contribution in [0, 0.1) is 6.92 Å². The molecule has 4 N–H and O–H groups in total. The number of aromatic carboxylic acids is 1. The minimum Gasteiger partial charge on any atom is -0.478 e. The molecule has 0 saturated heterocycles. The highest BCUT2D eigenvalue weighted by molar-refractivity contribution is 5.94. The molecule has 0 atom stereocenters. The third kappa shape index (κ3) is 2.63. The molecule has 0 saturated carbocycles. The van der Waals surface area contributed by atoms with Gasteiger partial charge in [0.1, 0.15) is 11.5 Å². The smallest absolute Gasteiger partial charge is 0.337 e. The Balaban J connectivity index is 2.10. The number of hydrogen-bond acceptors (Lipinski definition) is 4. The summed E-state index contributed by atoms with van der Waals surface area (Å²) in [6, 6.07) is 8.56. The third-order valence-electron chi connectivity index (χ3n) is 2.55. The van der Waals surface area contributed by atoms with Gasteiger partial charge < -0.3 is 20.6 Å². The van der Waals surface area contributed by atoms with Gasteiger partial charge in [0.2, 0.25) is 0 Å². The van der Waals surface area contributed by atoms with E-state index in [1.54, 1.807) is 12.1 Å². The predicted octanol–water partition coefficient (Wildman–Crippen LogP) is 2.48. The number of hydrogen-bond donors (Lipinski definition) is 3. The monoisotopic (exact) mass is 246 g/mol. The first-order valence-electron chi connectivity index (χ1n) is 5.48. The number of nitrogen functional groups attached to an aromatic ring is 1. The van der Waals surface area contributed by atoms with E-state index < -0.39 is 5.97 Å². The van der Waals surface area contributed by atoms with E-state index in [0.717, 1.165) is 11.5 Å². The van der Waals surface area contributed by atoms with E-state index in [2.05, 4.69) is 5.32 Å². The normalized spacial score (nSPS) is 10.3. The van der Waals surface area contributed by atoms with Crippen molar-refractivity contribution in [1.29, 1.82) is 0 Å². The van der Waals surface area contributed by atoms with Gasteiger partial charge in [0.15, 0.2) is 0 Å². The number of anilines is 2. The molecule has 1 aromatic heterocycles. The van der Waals surface area contributed by atoms with Crippen LogP contribution < -0.4 is 11.1 Å². The summed E-state index contributed by atoms with van der Waals surface area (Å²) in [6.45, 7) is 2.37. The van der Waals surface area contributed by atoms with Crippen LogP contribution in [0.15, 0.2) is 34.7 Å². The van der Waals surface area contributed by atoms with Crippen molar-refractivity contribution in [2.75, 3.05) is 11.1 Å². The maximum atomic E-state index is 10.9. The second-order valence-electron chi connectivity index (χ2n) is 3.97. The zero-order chi connectivity index (χ0) is 13.1. The number of benzene rings is 1. The Hall–Kier alpha value is -2.43. The van der Waals surface area contributed by atoms with E-state index in [9.17, 15) is 4.79 Å². The summed E-state index contributed by atoms with van der Waals surface area (Å²) >= 11 is 0. The minimum atomic E-state index is -1.04. The van der Waals surface area contributed by atoms with Gasteiger partial charge in [0.05, 0.1) is 12.1 Å². The highest BCUT2D eigenvalue weighted by Crippen LogP contribution is 2.18. The van der Waals surface area contributed by atoms with Gasteiger partial charge in [-0.1, -0.05) is 0 Å². The van der Waals surface area contributed by atoms with Crippen LogP contribution in [0.3, 0.4) is 0 Å². The number of nitrogens with one attached hydrogen (secondary N) is 1. The highest BCUT2D eigenvalue weighted by atomic mass is 16.4. The summed E-state index contributed by atoms with van der Waals surface area (Å²) in [7, 11) is 0. The number of aryl methyl sites for hydroxylation is 1. The maximum absolute atomic E-state index is 10.9. The summed E-state index contributed by atoms with van der Waals surface area (Å²) in [4.78, 5) is 10.9. The number of nitrogens with two attached hydrogens (primary N) is 1. The molecule has 94 valence electrons. The van der Waals surface area contributed by atoms with Crippen molar-refractivity contribution >= 4 is 17.3 Å².